The molecule has 1 aliphatic carbocycles. The first kappa shape index (κ1) is 47.0. The minimum atomic E-state index is -1.36. The highest BCUT2D eigenvalue weighted by Crippen LogP contribution is 2.41. The van der Waals surface area contributed by atoms with Crippen LogP contribution in [0.25, 0.3) is 22.3 Å². The number of anilines is 4. The van der Waals surface area contributed by atoms with Crippen molar-refractivity contribution < 1.29 is 29.9 Å². The van der Waals surface area contributed by atoms with Crippen molar-refractivity contribution in [3.8, 4) is 0 Å². The lowest BCUT2D eigenvalue weighted by molar-refractivity contribution is -0.0384. The lowest BCUT2D eigenvalue weighted by Gasteiger charge is -2.30. The van der Waals surface area contributed by atoms with Crippen LogP contribution < -0.4 is 21.3 Å². The summed E-state index contributed by atoms with van der Waals surface area (Å²) in [5.41, 5.74) is 3.47. The molecule has 8 N–H and O–H groups in total. The van der Waals surface area contributed by atoms with Crippen LogP contribution in [0, 0.1) is 0 Å². The quantitative estimate of drug-likeness (QED) is 0.0541. The lowest BCUT2D eigenvalue weighted by Crippen LogP contribution is -2.33. The minimum Gasteiger partial charge on any atom is -0.387 e. The van der Waals surface area contributed by atoms with Crippen molar-refractivity contribution in [1.29, 1.82) is 0 Å². The number of nitrogens with one attached hydrogen (secondary N) is 4. The number of fused-ring (bicyclic) bond motifs is 2. The van der Waals surface area contributed by atoms with E-state index in [9.17, 15) is 20.4 Å². The summed E-state index contributed by atoms with van der Waals surface area (Å²) in [5, 5.41) is 83.5. The Morgan fingerprint density at radius 3 is 1.38 bits per heavy atom. The topological polar surface area (TPSA) is 358 Å². The number of hydrogen-bond acceptors (Lipinski definition) is 24. The highest BCUT2D eigenvalue weighted by Gasteiger charge is 2.48. The van der Waals surface area contributed by atoms with Gasteiger partial charge in [0.25, 0.3) is 0 Å². The number of ether oxygens (including phenoxy) is 2. The average Bonchev–Trinajstić information content (AvgIpc) is 4.26. The molecule has 1 saturated carbocycles. The van der Waals surface area contributed by atoms with Crippen LogP contribution in [0.2, 0.25) is 0 Å². The second kappa shape index (κ2) is 19.7. The van der Waals surface area contributed by atoms with Gasteiger partial charge in [0.1, 0.15) is 24.4 Å². The van der Waals surface area contributed by atoms with Crippen LogP contribution >= 0.6 is 0 Å². The molecule has 8 aromatic heterocycles. The zero-order valence-electron chi connectivity index (χ0n) is 39.9. The lowest BCUT2D eigenvalue weighted by atomic mass is 9.91. The van der Waals surface area contributed by atoms with E-state index < -0.39 is 49.1 Å². The molecule has 8 unspecified atom stereocenters. The van der Waals surface area contributed by atoms with Crippen LogP contribution in [0.1, 0.15) is 87.2 Å². The first-order chi connectivity index (χ1) is 35.0. The Kier molecular flexibility index (Phi) is 12.8. The molecule has 0 spiro atoms. The van der Waals surface area contributed by atoms with E-state index in [1.165, 1.54) is 22.2 Å². The molecule has 8 aromatic rings. The van der Waals surface area contributed by atoms with E-state index in [1.54, 1.807) is 21.8 Å². The Bertz CT molecular complexity index is 2930. The van der Waals surface area contributed by atoms with E-state index in [2.05, 4.69) is 62.1 Å². The molecule has 0 bridgehead atoms. The fraction of sp³-hybridized carbons (Fsp3) is 0.571. The van der Waals surface area contributed by atoms with E-state index in [1.807, 2.05) is 49.5 Å². The Balaban J connectivity index is 0.821. The van der Waals surface area contributed by atoms with Gasteiger partial charge in [-0.15, -0.1) is 20.4 Å². The number of hydrogen-bond donors (Lipinski definition) is 8. The SMILES string of the molecule is CCn1nnc(C2OC(n3cnc4c(NC5CCC(Nc6nc(NCCc7cn(C)cn7)nc7c6ncn7C6OC(c7nnn(CC)n7)C(O)C6O)CC5)nc(NCCc5cn(C)cn5)nc43)C(O)C2O)n1. The standard InChI is InChI=1S/C42H56N24O6/c1-5-65-57-35(55-59-65)31-27(67)29(69)39(71-31)63-19-47-25-33(51-41(53-37(25)63)43-13-11-23-15-61(3)17-45-23)49-21-7-9-22(10-8-21)50-34-26-38(54-42(52-34)44-14-12-24-16-62(4)18-46-24)64(20-48-26)40-30(70)28(68)32(72-40)36-56-60-66(6-2)58-36/h15-22,27-32,39-40,67-70H,5-14H2,1-4H3,(H2,43,49,51,53)(H2,44,50,52,54). The first-order valence-electron chi connectivity index (χ1n) is 24.0. The fourth-order valence-corrected chi connectivity index (χ4v) is 9.34. The van der Waals surface area contributed by atoms with Gasteiger partial charge in [-0.1, -0.05) is 0 Å². The van der Waals surface area contributed by atoms with Crippen LogP contribution in [-0.4, -0.2) is 169 Å². The molecule has 72 heavy (non-hydrogen) atoms. The second-order valence-electron chi connectivity index (χ2n) is 18.2. The molecular weight excluding hydrogens is 937 g/mol. The first-order valence-corrected chi connectivity index (χ1v) is 24.0. The maximum absolute atomic E-state index is 11.3. The molecule has 2 aliphatic heterocycles. The Morgan fingerprint density at radius 1 is 0.569 bits per heavy atom. The van der Waals surface area contributed by atoms with Crippen molar-refractivity contribution in [2.45, 2.75) is 127 Å². The third-order valence-corrected chi connectivity index (χ3v) is 13.1. The highest BCUT2D eigenvalue weighted by molar-refractivity contribution is 5.85. The number of imidazole rings is 4. The van der Waals surface area contributed by atoms with Gasteiger partial charge in [0.2, 0.25) is 23.5 Å². The van der Waals surface area contributed by atoms with Gasteiger partial charge < -0.3 is 60.3 Å². The van der Waals surface area contributed by atoms with Crippen LogP contribution in [0.15, 0.2) is 37.7 Å². The second-order valence-corrected chi connectivity index (χ2v) is 18.2. The van der Waals surface area contributed by atoms with Crippen molar-refractivity contribution >= 4 is 45.9 Å². The fourth-order valence-electron chi connectivity index (χ4n) is 9.34. The Morgan fingerprint density at radius 2 is 1.00 bits per heavy atom. The summed E-state index contributed by atoms with van der Waals surface area (Å²) in [5.74, 6) is 1.95. The molecule has 0 aromatic carbocycles. The Hall–Kier alpha value is -7.38. The normalized spacial score (nSPS) is 25.5. The molecular formula is C42H56N24O6. The maximum Gasteiger partial charge on any atom is 0.226 e. The van der Waals surface area contributed by atoms with Gasteiger partial charge in [0.15, 0.2) is 58.6 Å². The maximum atomic E-state index is 11.3. The van der Waals surface area contributed by atoms with Crippen LogP contribution in [0.5, 0.6) is 0 Å². The number of tetrazole rings is 2. The van der Waals surface area contributed by atoms with Crippen LogP contribution in [0.4, 0.5) is 23.5 Å². The van der Waals surface area contributed by atoms with Crippen molar-refractivity contribution in [3.05, 3.63) is 60.7 Å². The summed E-state index contributed by atoms with van der Waals surface area (Å²) in [6, 6.07) is -0.0247. The van der Waals surface area contributed by atoms with Crippen molar-refractivity contribution in [3.63, 3.8) is 0 Å². The van der Waals surface area contributed by atoms with E-state index in [0.29, 0.717) is 84.9 Å². The van der Waals surface area contributed by atoms with E-state index >= 15 is 0 Å². The summed E-state index contributed by atoms with van der Waals surface area (Å²) < 4.78 is 19.4. The number of nitrogens with zero attached hydrogens (tertiary/aromatic N) is 20. The van der Waals surface area contributed by atoms with Gasteiger partial charge in [0.05, 0.1) is 49.8 Å². The van der Waals surface area contributed by atoms with E-state index in [4.69, 9.17) is 39.4 Å². The predicted octanol–water partition coefficient (Wildman–Crippen LogP) is -0.426. The molecule has 3 aliphatic rings. The molecule has 0 radical (unpaired) electrons. The smallest absolute Gasteiger partial charge is 0.226 e. The highest BCUT2D eigenvalue weighted by atomic mass is 16.6. The van der Waals surface area contributed by atoms with Gasteiger partial charge in [-0.05, 0) is 50.0 Å². The molecule has 380 valence electrons. The monoisotopic (exact) mass is 992 g/mol. The van der Waals surface area contributed by atoms with Gasteiger partial charge in [-0.3, -0.25) is 9.13 Å². The van der Waals surface area contributed by atoms with Crippen molar-refractivity contribution in [2.24, 2.45) is 14.1 Å². The zero-order chi connectivity index (χ0) is 49.6. The van der Waals surface area contributed by atoms with Gasteiger partial charge >= 0.3 is 0 Å². The third kappa shape index (κ3) is 9.22. The predicted molar refractivity (Wildman–Crippen MR) is 251 cm³/mol. The van der Waals surface area contributed by atoms with Gasteiger partial charge in [0, 0.05) is 64.5 Å². The van der Waals surface area contributed by atoms with Crippen molar-refractivity contribution in [2.75, 3.05) is 34.4 Å². The molecule has 2 saturated heterocycles. The molecule has 11 rings (SSSR count). The summed E-state index contributed by atoms with van der Waals surface area (Å²) in [6.45, 7) is 5.65. The van der Waals surface area contributed by atoms with E-state index in [0.717, 1.165) is 37.1 Å². The van der Waals surface area contributed by atoms with Gasteiger partial charge in [-0.2, -0.15) is 29.5 Å². The van der Waals surface area contributed by atoms with Gasteiger partial charge in [-0.25, -0.2) is 19.9 Å². The molecule has 0 amide bonds. The van der Waals surface area contributed by atoms with Crippen LogP contribution in [-0.2, 0) is 49.5 Å². The van der Waals surface area contributed by atoms with Crippen LogP contribution in [0.3, 0.4) is 0 Å². The minimum absolute atomic E-state index is 0.0123. The van der Waals surface area contributed by atoms with Crippen molar-refractivity contribution in [1.82, 2.24) is 98.6 Å². The summed E-state index contributed by atoms with van der Waals surface area (Å²) in [4.78, 5) is 40.5. The molecule has 3 fully saturated rings. The summed E-state index contributed by atoms with van der Waals surface area (Å²) >= 11 is 0. The van der Waals surface area contributed by atoms with E-state index in [-0.39, 0.29) is 23.7 Å². The summed E-state index contributed by atoms with van der Waals surface area (Å²) in [6.07, 6.45) is 5.02. The number of aliphatic hydroxyl groups is 4. The zero-order valence-corrected chi connectivity index (χ0v) is 39.9. The number of aromatic nitrogens is 20. The third-order valence-electron chi connectivity index (χ3n) is 13.1. The molecule has 30 nitrogen and oxygen atoms in total. The summed E-state index contributed by atoms with van der Waals surface area (Å²) in [7, 11) is 3.83. The number of aryl methyl sites for hydroxylation is 4. The molecule has 10 heterocycles. The Labute approximate surface area is 409 Å². The average molecular weight is 993 g/mol. The molecule has 30 heteroatoms. The number of rotatable bonds is 18. The largest absolute Gasteiger partial charge is 0.387 e. The molecule has 8 atom stereocenters. The number of aliphatic hydroxyl groups excluding tert-OH is 4.